The van der Waals surface area contributed by atoms with Crippen LogP contribution in [0.4, 0.5) is 4.39 Å². The molecule has 1 nitrogen and oxygen atoms in total. The summed E-state index contributed by atoms with van der Waals surface area (Å²) in [5.74, 6) is 0.778. The fraction of sp³-hybridized carbons (Fsp3) is 0.571. The molecule has 16 heavy (non-hydrogen) atoms. The summed E-state index contributed by atoms with van der Waals surface area (Å²) in [5.41, 5.74) is 0.853. The molecule has 0 spiro atoms. The van der Waals surface area contributed by atoms with Crippen molar-refractivity contribution in [3.63, 3.8) is 0 Å². The number of benzene rings is 1. The van der Waals surface area contributed by atoms with Gasteiger partial charge in [-0.1, -0.05) is 25.1 Å². The molecule has 1 N–H and O–H groups in total. The van der Waals surface area contributed by atoms with Crippen molar-refractivity contribution in [3.8, 4) is 0 Å². The average molecular weight is 221 g/mol. The van der Waals surface area contributed by atoms with Gasteiger partial charge in [0.1, 0.15) is 5.82 Å². The van der Waals surface area contributed by atoms with Gasteiger partial charge in [-0.05, 0) is 49.8 Å². The minimum atomic E-state index is -0.0615. The summed E-state index contributed by atoms with van der Waals surface area (Å²) in [6.07, 6.45) is 4.59. The molecule has 1 unspecified atom stereocenters. The summed E-state index contributed by atoms with van der Waals surface area (Å²) < 4.78 is 13.4. The lowest BCUT2D eigenvalue weighted by Crippen LogP contribution is -2.31. The van der Waals surface area contributed by atoms with Crippen molar-refractivity contribution < 1.29 is 4.39 Å². The lowest BCUT2D eigenvalue weighted by molar-refractivity contribution is 0.442. The van der Waals surface area contributed by atoms with Gasteiger partial charge in [-0.3, -0.25) is 0 Å². The van der Waals surface area contributed by atoms with E-state index in [0.717, 1.165) is 30.9 Å². The quantitative estimate of drug-likeness (QED) is 0.778. The first-order valence-electron chi connectivity index (χ1n) is 6.28. The summed E-state index contributed by atoms with van der Waals surface area (Å²) in [5, 5.41) is 3.51. The molecule has 2 heteroatoms. The second kappa shape index (κ2) is 5.44. The second-order valence-electron chi connectivity index (χ2n) is 4.63. The maximum absolute atomic E-state index is 13.4. The Hall–Kier alpha value is -0.890. The third-order valence-electron chi connectivity index (χ3n) is 3.34. The van der Waals surface area contributed by atoms with Crippen LogP contribution in [0.15, 0.2) is 24.3 Å². The van der Waals surface area contributed by atoms with Gasteiger partial charge in [0, 0.05) is 6.04 Å². The van der Waals surface area contributed by atoms with Gasteiger partial charge in [-0.25, -0.2) is 4.39 Å². The normalized spacial score (nSPS) is 17.4. The van der Waals surface area contributed by atoms with Gasteiger partial charge in [-0.15, -0.1) is 0 Å². The van der Waals surface area contributed by atoms with Crippen LogP contribution < -0.4 is 5.32 Å². The Kier molecular flexibility index (Phi) is 3.94. The minimum Gasteiger partial charge on any atom is -0.314 e. The first-order chi connectivity index (χ1) is 7.81. The summed E-state index contributed by atoms with van der Waals surface area (Å²) >= 11 is 0. The Morgan fingerprint density at radius 1 is 1.38 bits per heavy atom. The number of halogens is 1. The Bertz CT molecular complexity index is 333. The molecule has 2 rings (SSSR count). The van der Waals surface area contributed by atoms with Crippen molar-refractivity contribution in [2.75, 3.05) is 6.54 Å². The largest absolute Gasteiger partial charge is 0.314 e. The molecule has 1 atom stereocenters. The van der Waals surface area contributed by atoms with Crippen molar-refractivity contribution in [1.29, 1.82) is 0 Å². The monoisotopic (exact) mass is 221 g/mol. The Morgan fingerprint density at radius 3 is 2.75 bits per heavy atom. The molecular formula is C14H20FN. The van der Waals surface area contributed by atoms with Crippen LogP contribution in [0, 0.1) is 11.7 Å². The van der Waals surface area contributed by atoms with Crippen molar-refractivity contribution in [1.82, 2.24) is 5.32 Å². The summed E-state index contributed by atoms with van der Waals surface area (Å²) in [6.45, 7) is 3.15. The van der Waals surface area contributed by atoms with Crippen LogP contribution in [0.2, 0.25) is 0 Å². The summed E-state index contributed by atoms with van der Waals surface area (Å²) in [7, 11) is 0. The molecule has 0 aliphatic heterocycles. The van der Waals surface area contributed by atoms with E-state index >= 15 is 0 Å². The van der Waals surface area contributed by atoms with E-state index in [0.29, 0.717) is 6.04 Å². The summed E-state index contributed by atoms with van der Waals surface area (Å²) in [4.78, 5) is 0. The number of nitrogens with one attached hydrogen (secondary N) is 1. The SMILES string of the molecule is CCNC(CCc1ccccc1F)C1CC1. The van der Waals surface area contributed by atoms with Crippen molar-refractivity contribution in [3.05, 3.63) is 35.6 Å². The molecule has 0 bridgehead atoms. The van der Waals surface area contributed by atoms with E-state index in [4.69, 9.17) is 0 Å². The molecule has 0 heterocycles. The lowest BCUT2D eigenvalue weighted by Gasteiger charge is -2.17. The number of aryl methyl sites for hydroxylation is 1. The molecule has 1 fully saturated rings. The highest BCUT2D eigenvalue weighted by Gasteiger charge is 2.30. The molecule has 0 amide bonds. The van der Waals surface area contributed by atoms with Crippen molar-refractivity contribution in [2.45, 2.75) is 38.6 Å². The smallest absolute Gasteiger partial charge is 0.126 e. The second-order valence-corrected chi connectivity index (χ2v) is 4.63. The van der Waals surface area contributed by atoms with Gasteiger partial charge in [0.15, 0.2) is 0 Å². The fourth-order valence-electron chi connectivity index (χ4n) is 2.28. The van der Waals surface area contributed by atoms with Crippen LogP contribution in [-0.2, 0) is 6.42 Å². The highest BCUT2D eigenvalue weighted by Crippen LogP contribution is 2.34. The molecule has 0 radical (unpaired) electrons. The molecule has 1 saturated carbocycles. The van der Waals surface area contributed by atoms with Crippen LogP contribution in [0.5, 0.6) is 0 Å². The molecule has 88 valence electrons. The van der Waals surface area contributed by atoms with Gasteiger partial charge >= 0.3 is 0 Å². The van der Waals surface area contributed by atoms with E-state index in [2.05, 4.69) is 12.2 Å². The molecule has 0 saturated heterocycles. The zero-order valence-corrected chi connectivity index (χ0v) is 9.88. The van der Waals surface area contributed by atoms with E-state index in [9.17, 15) is 4.39 Å². The molecular weight excluding hydrogens is 201 g/mol. The van der Waals surface area contributed by atoms with E-state index in [1.54, 1.807) is 12.1 Å². The fourth-order valence-corrected chi connectivity index (χ4v) is 2.28. The maximum Gasteiger partial charge on any atom is 0.126 e. The zero-order chi connectivity index (χ0) is 11.4. The third-order valence-corrected chi connectivity index (χ3v) is 3.34. The van der Waals surface area contributed by atoms with Crippen LogP contribution >= 0.6 is 0 Å². The molecule has 0 aromatic heterocycles. The van der Waals surface area contributed by atoms with Crippen LogP contribution in [-0.4, -0.2) is 12.6 Å². The molecule has 1 aromatic rings. The minimum absolute atomic E-state index is 0.0615. The standard InChI is InChI=1S/C14H20FN/c1-2-16-14(12-7-8-12)10-9-11-5-3-4-6-13(11)15/h3-6,12,14,16H,2,7-10H2,1H3. The highest BCUT2D eigenvalue weighted by molar-refractivity contribution is 5.17. The molecule has 1 aliphatic carbocycles. The lowest BCUT2D eigenvalue weighted by atomic mass is 10.0. The maximum atomic E-state index is 13.4. The topological polar surface area (TPSA) is 12.0 Å². The Morgan fingerprint density at radius 2 is 2.12 bits per heavy atom. The zero-order valence-electron chi connectivity index (χ0n) is 9.88. The van der Waals surface area contributed by atoms with E-state index in [1.807, 2.05) is 12.1 Å². The van der Waals surface area contributed by atoms with Gasteiger partial charge in [0.2, 0.25) is 0 Å². The van der Waals surface area contributed by atoms with Gasteiger partial charge in [-0.2, -0.15) is 0 Å². The first-order valence-corrected chi connectivity index (χ1v) is 6.28. The number of hydrogen-bond donors (Lipinski definition) is 1. The predicted molar refractivity (Wildman–Crippen MR) is 64.9 cm³/mol. The van der Waals surface area contributed by atoms with Crippen molar-refractivity contribution in [2.24, 2.45) is 5.92 Å². The van der Waals surface area contributed by atoms with Crippen LogP contribution in [0.3, 0.4) is 0 Å². The molecule has 1 aromatic carbocycles. The number of rotatable bonds is 6. The highest BCUT2D eigenvalue weighted by atomic mass is 19.1. The van der Waals surface area contributed by atoms with Crippen molar-refractivity contribution >= 4 is 0 Å². The summed E-state index contributed by atoms with van der Waals surface area (Å²) in [6, 6.07) is 7.70. The third kappa shape index (κ3) is 3.05. The van der Waals surface area contributed by atoms with Gasteiger partial charge < -0.3 is 5.32 Å². The van der Waals surface area contributed by atoms with Crippen LogP contribution in [0.25, 0.3) is 0 Å². The van der Waals surface area contributed by atoms with E-state index < -0.39 is 0 Å². The molecule has 1 aliphatic rings. The van der Waals surface area contributed by atoms with Gasteiger partial charge in [0.25, 0.3) is 0 Å². The van der Waals surface area contributed by atoms with E-state index in [1.165, 1.54) is 12.8 Å². The predicted octanol–water partition coefficient (Wildman–Crippen LogP) is 3.15. The average Bonchev–Trinajstić information content (AvgIpc) is 3.10. The van der Waals surface area contributed by atoms with Crippen LogP contribution in [0.1, 0.15) is 31.7 Å². The Labute approximate surface area is 97.1 Å². The van der Waals surface area contributed by atoms with Gasteiger partial charge in [0.05, 0.1) is 0 Å². The Balaban J connectivity index is 1.87. The van der Waals surface area contributed by atoms with E-state index in [-0.39, 0.29) is 5.82 Å². The first kappa shape index (κ1) is 11.6. The number of hydrogen-bond acceptors (Lipinski definition) is 1.